The van der Waals surface area contributed by atoms with E-state index in [2.05, 4.69) is 28.1 Å². The summed E-state index contributed by atoms with van der Waals surface area (Å²) in [4.78, 5) is 14.5. The standard InChI is InChI=1S/C19H17N3O/c23-19(20-16-8-2-1-3-9-16)21-13-15-7-4-5-11-18(15)22-12-6-10-17(22)14-21/h1-12H,13-14H2,(H,20,23). The molecule has 0 saturated carbocycles. The summed E-state index contributed by atoms with van der Waals surface area (Å²) in [5.41, 5.74) is 4.21. The van der Waals surface area contributed by atoms with Crippen LogP contribution in [0, 0.1) is 0 Å². The second-order valence-electron chi connectivity index (χ2n) is 5.65. The molecule has 4 rings (SSSR count). The summed E-state index contributed by atoms with van der Waals surface area (Å²) >= 11 is 0. The van der Waals surface area contributed by atoms with Gasteiger partial charge >= 0.3 is 6.03 Å². The first-order valence-electron chi connectivity index (χ1n) is 7.67. The third kappa shape index (κ3) is 2.59. The molecule has 1 aromatic heterocycles. The van der Waals surface area contributed by atoms with Gasteiger partial charge in [-0.2, -0.15) is 0 Å². The molecule has 4 heteroatoms. The number of hydrogen-bond donors (Lipinski definition) is 1. The normalized spacial score (nSPS) is 13.0. The first-order chi connectivity index (χ1) is 11.3. The van der Waals surface area contributed by atoms with E-state index in [9.17, 15) is 4.79 Å². The van der Waals surface area contributed by atoms with Crippen molar-refractivity contribution in [1.29, 1.82) is 0 Å². The van der Waals surface area contributed by atoms with E-state index in [1.54, 1.807) is 0 Å². The molecule has 0 spiro atoms. The number of urea groups is 1. The number of anilines is 1. The molecule has 0 aliphatic carbocycles. The summed E-state index contributed by atoms with van der Waals surface area (Å²) in [5, 5.41) is 2.97. The maximum atomic E-state index is 12.7. The van der Waals surface area contributed by atoms with Crippen LogP contribution in [-0.4, -0.2) is 15.5 Å². The summed E-state index contributed by atoms with van der Waals surface area (Å²) < 4.78 is 2.16. The Morgan fingerprint density at radius 3 is 2.52 bits per heavy atom. The average molecular weight is 303 g/mol. The monoisotopic (exact) mass is 303 g/mol. The Bertz CT molecular complexity index is 839. The van der Waals surface area contributed by atoms with Gasteiger partial charge < -0.3 is 14.8 Å². The van der Waals surface area contributed by atoms with Crippen LogP contribution in [0.5, 0.6) is 0 Å². The number of aromatic nitrogens is 1. The van der Waals surface area contributed by atoms with Crippen LogP contribution in [0.25, 0.3) is 5.69 Å². The highest BCUT2D eigenvalue weighted by Gasteiger charge is 2.22. The number of hydrogen-bond acceptors (Lipinski definition) is 1. The van der Waals surface area contributed by atoms with Crippen molar-refractivity contribution >= 4 is 11.7 Å². The maximum absolute atomic E-state index is 12.7. The zero-order valence-corrected chi connectivity index (χ0v) is 12.6. The Labute approximate surface area is 135 Å². The highest BCUT2D eigenvalue weighted by molar-refractivity contribution is 5.89. The molecular formula is C19H17N3O. The van der Waals surface area contributed by atoms with Gasteiger partial charge in [0.1, 0.15) is 0 Å². The molecule has 0 fully saturated rings. The van der Waals surface area contributed by atoms with E-state index in [4.69, 9.17) is 0 Å². The predicted molar refractivity (Wildman–Crippen MR) is 90.5 cm³/mol. The molecule has 23 heavy (non-hydrogen) atoms. The first kappa shape index (κ1) is 13.6. The van der Waals surface area contributed by atoms with Gasteiger partial charge in [-0.3, -0.25) is 0 Å². The zero-order valence-electron chi connectivity index (χ0n) is 12.6. The largest absolute Gasteiger partial charge is 0.322 e. The Kier molecular flexibility index (Phi) is 3.35. The molecule has 3 aromatic rings. The van der Waals surface area contributed by atoms with Gasteiger partial charge in [0.25, 0.3) is 0 Å². The summed E-state index contributed by atoms with van der Waals surface area (Å²) in [7, 11) is 0. The van der Waals surface area contributed by atoms with Gasteiger partial charge in [0.2, 0.25) is 0 Å². The minimum atomic E-state index is -0.0827. The molecule has 0 bridgehead atoms. The molecule has 2 aromatic carbocycles. The molecule has 1 N–H and O–H groups in total. The van der Waals surface area contributed by atoms with E-state index < -0.39 is 0 Å². The highest BCUT2D eigenvalue weighted by Crippen LogP contribution is 2.25. The van der Waals surface area contributed by atoms with Crippen molar-refractivity contribution in [2.75, 3.05) is 5.32 Å². The van der Waals surface area contributed by atoms with Crippen molar-refractivity contribution < 1.29 is 4.79 Å². The minimum Gasteiger partial charge on any atom is -0.319 e. The number of nitrogens with one attached hydrogen (secondary N) is 1. The van der Waals surface area contributed by atoms with Crippen LogP contribution in [0.3, 0.4) is 0 Å². The van der Waals surface area contributed by atoms with E-state index >= 15 is 0 Å². The topological polar surface area (TPSA) is 37.3 Å². The number of nitrogens with zero attached hydrogens (tertiary/aromatic N) is 2. The lowest BCUT2D eigenvalue weighted by molar-refractivity contribution is 0.206. The Balaban J connectivity index is 1.66. The molecule has 2 heterocycles. The summed E-state index contributed by atoms with van der Waals surface area (Å²) in [6.07, 6.45) is 2.05. The first-order valence-corrected chi connectivity index (χ1v) is 7.67. The van der Waals surface area contributed by atoms with Crippen LogP contribution >= 0.6 is 0 Å². The fraction of sp³-hybridized carbons (Fsp3) is 0.105. The molecular weight excluding hydrogens is 286 g/mol. The van der Waals surface area contributed by atoms with Crippen molar-refractivity contribution in [3.05, 3.63) is 84.2 Å². The predicted octanol–water partition coefficient (Wildman–Crippen LogP) is 4.03. The zero-order chi connectivity index (χ0) is 15.6. The maximum Gasteiger partial charge on any atom is 0.322 e. The second-order valence-corrected chi connectivity index (χ2v) is 5.65. The Morgan fingerprint density at radius 1 is 0.870 bits per heavy atom. The highest BCUT2D eigenvalue weighted by atomic mass is 16.2. The van der Waals surface area contributed by atoms with Gasteiger partial charge in [-0.15, -0.1) is 0 Å². The fourth-order valence-electron chi connectivity index (χ4n) is 2.98. The van der Waals surface area contributed by atoms with Crippen LogP contribution in [0.4, 0.5) is 10.5 Å². The number of rotatable bonds is 1. The van der Waals surface area contributed by atoms with Gasteiger partial charge in [0.05, 0.1) is 12.2 Å². The molecule has 0 radical (unpaired) electrons. The van der Waals surface area contributed by atoms with Gasteiger partial charge in [0.15, 0.2) is 0 Å². The van der Waals surface area contributed by atoms with E-state index in [-0.39, 0.29) is 6.03 Å². The van der Waals surface area contributed by atoms with Gasteiger partial charge in [-0.1, -0.05) is 36.4 Å². The lowest BCUT2D eigenvalue weighted by atomic mass is 10.1. The van der Waals surface area contributed by atoms with Crippen molar-refractivity contribution in [2.45, 2.75) is 13.1 Å². The van der Waals surface area contributed by atoms with Gasteiger partial charge in [-0.25, -0.2) is 4.79 Å². The number of carbonyl (C=O) groups is 1. The smallest absolute Gasteiger partial charge is 0.319 e. The van der Waals surface area contributed by atoms with Crippen LogP contribution in [0.1, 0.15) is 11.3 Å². The number of carbonyl (C=O) groups excluding carboxylic acids is 1. The molecule has 0 atom stereocenters. The number of fused-ring (bicyclic) bond motifs is 3. The lowest BCUT2D eigenvalue weighted by Crippen LogP contribution is -2.33. The third-order valence-corrected chi connectivity index (χ3v) is 4.11. The Hall–Kier alpha value is -3.01. The van der Waals surface area contributed by atoms with Crippen LogP contribution in [-0.2, 0) is 13.1 Å². The van der Waals surface area contributed by atoms with Crippen LogP contribution in [0.2, 0.25) is 0 Å². The number of amides is 2. The summed E-state index contributed by atoms with van der Waals surface area (Å²) in [5.74, 6) is 0. The van der Waals surface area contributed by atoms with Crippen molar-refractivity contribution in [3.63, 3.8) is 0 Å². The Morgan fingerprint density at radius 2 is 1.65 bits per heavy atom. The molecule has 1 aliphatic rings. The van der Waals surface area contributed by atoms with E-state index in [0.29, 0.717) is 13.1 Å². The SMILES string of the molecule is O=C(Nc1ccccc1)N1Cc2ccccc2-n2cccc2C1. The summed E-state index contributed by atoms with van der Waals surface area (Å²) in [6, 6.07) is 21.8. The quantitative estimate of drug-likeness (QED) is 0.724. The van der Waals surface area contributed by atoms with Crippen molar-refractivity contribution in [3.8, 4) is 5.69 Å². The molecule has 0 saturated heterocycles. The molecule has 1 aliphatic heterocycles. The van der Waals surface area contributed by atoms with Crippen molar-refractivity contribution in [1.82, 2.24) is 9.47 Å². The van der Waals surface area contributed by atoms with E-state index in [1.165, 1.54) is 0 Å². The fourth-order valence-corrected chi connectivity index (χ4v) is 2.98. The minimum absolute atomic E-state index is 0.0827. The van der Waals surface area contributed by atoms with Crippen LogP contribution < -0.4 is 5.32 Å². The second kappa shape index (κ2) is 5.65. The molecule has 0 unspecified atom stereocenters. The number of benzene rings is 2. The van der Waals surface area contributed by atoms with Gasteiger partial charge in [0, 0.05) is 24.1 Å². The number of para-hydroxylation sites is 2. The average Bonchev–Trinajstić information content (AvgIpc) is 2.97. The van der Waals surface area contributed by atoms with E-state index in [0.717, 1.165) is 22.6 Å². The van der Waals surface area contributed by atoms with Crippen LogP contribution in [0.15, 0.2) is 72.9 Å². The van der Waals surface area contributed by atoms with Crippen molar-refractivity contribution in [2.24, 2.45) is 0 Å². The molecule has 114 valence electrons. The molecule has 4 nitrogen and oxygen atoms in total. The summed E-state index contributed by atoms with van der Waals surface area (Å²) in [6.45, 7) is 1.18. The van der Waals surface area contributed by atoms with Gasteiger partial charge in [-0.05, 0) is 35.9 Å². The van der Waals surface area contributed by atoms with E-state index in [1.807, 2.05) is 59.6 Å². The third-order valence-electron chi connectivity index (χ3n) is 4.11. The molecule has 2 amide bonds. The lowest BCUT2D eigenvalue weighted by Gasteiger charge is -2.21.